The number of allylic oxidation sites excluding steroid dienone is 1. The molecule has 0 aliphatic carbocycles. The topological polar surface area (TPSA) is 51.2 Å². The molecule has 6 radical (unpaired) electrons. The van der Waals surface area contributed by atoms with E-state index in [2.05, 4.69) is 40.6 Å². The maximum atomic E-state index is 7.50. The molecule has 0 unspecified atom stereocenters. The first kappa shape index (κ1) is 22.4. The summed E-state index contributed by atoms with van der Waals surface area (Å²) in [5.41, 5.74) is 0. The molecule has 0 saturated carbocycles. The summed E-state index contributed by atoms with van der Waals surface area (Å²) in [7, 11) is 0. The van der Waals surface area contributed by atoms with Crippen molar-refractivity contribution < 1.29 is 29.6 Å². The molecule has 5 heteroatoms. The molecule has 0 aliphatic heterocycles. The van der Waals surface area contributed by atoms with Gasteiger partial charge in [0.15, 0.2) is 0 Å². The van der Waals surface area contributed by atoms with Crippen molar-refractivity contribution in [2.24, 2.45) is 0 Å². The van der Waals surface area contributed by atoms with E-state index >= 15 is 0 Å². The smallest absolute Gasteiger partial charge is 0.281 e. The van der Waals surface area contributed by atoms with Crippen molar-refractivity contribution in [2.75, 3.05) is 0 Å². The average Bonchev–Trinajstić information content (AvgIpc) is 2.16. The first-order chi connectivity index (χ1) is 5.41. The maximum Gasteiger partial charge on any atom is 0.281 e. The van der Waals surface area contributed by atoms with Crippen LogP contribution in [-0.2, 0) is 29.6 Å². The number of hydrogen-bond donors (Lipinski definition) is 0. The summed E-state index contributed by atoms with van der Waals surface area (Å²) in [6.07, 6.45) is 1.92. The standard InChI is InChI=1S/C3H5.3CO.BrH.Ru/c1-3-2;3*1-2;;/h3H,1-2H2;;;;1H;/q;;;;;+1/p-1. The molecule has 0 N–H and O–H groups in total. The van der Waals surface area contributed by atoms with Gasteiger partial charge in [0.2, 0.25) is 0 Å². The molecule has 0 aliphatic rings. The largest absolute Gasteiger partial charge is 0.281 e. The normalized spacial score (nSPS) is 4.82. The Balaban J connectivity index is -0.0000000350. The molecule has 3 nitrogen and oxygen atoms in total. The van der Waals surface area contributed by atoms with Crippen LogP contribution in [0.15, 0.2) is 12.7 Å². The van der Waals surface area contributed by atoms with Crippen molar-refractivity contribution in [1.82, 2.24) is 0 Å². The predicted octanol–water partition coefficient (Wildman–Crippen LogP) is 0.792. The molecule has 0 aromatic heterocycles. The third-order valence-corrected chi connectivity index (χ3v) is 2.28. The zero-order valence-corrected chi connectivity index (χ0v) is 8.77. The van der Waals surface area contributed by atoms with Gasteiger partial charge in [0.25, 0.3) is 20.4 Å². The zero-order chi connectivity index (χ0) is 10.1. The van der Waals surface area contributed by atoms with E-state index in [4.69, 9.17) is 14.4 Å². The second-order valence-electron chi connectivity index (χ2n) is 0.528. The van der Waals surface area contributed by atoms with E-state index in [1.165, 1.54) is 0 Å². The van der Waals surface area contributed by atoms with E-state index in [1.807, 2.05) is 6.08 Å². The Hall–Kier alpha value is -0.147. The Bertz CT molecular complexity index is 59.0. The van der Waals surface area contributed by atoms with E-state index in [-0.39, 0.29) is 0 Å². The number of halogens is 1. The van der Waals surface area contributed by atoms with Gasteiger partial charge in [-0.15, -0.1) is 0 Å². The van der Waals surface area contributed by atoms with Gasteiger partial charge in [0.1, 0.15) is 0 Å². The summed E-state index contributed by atoms with van der Waals surface area (Å²) in [5, 5.41) is 1.16. The third kappa shape index (κ3) is 177. The molecule has 0 aromatic rings. The fourth-order valence-electron chi connectivity index (χ4n) is 0.0386. The van der Waals surface area contributed by atoms with E-state index in [0.29, 0.717) is 15.2 Å². The van der Waals surface area contributed by atoms with Crippen LogP contribution in [0.5, 0.6) is 0 Å². The fourth-order valence-corrected chi connectivity index (χ4v) is 1.19. The Morgan fingerprint density at radius 2 is 1.45 bits per heavy atom. The summed E-state index contributed by atoms with van der Waals surface area (Å²) >= 11 is 3.76. The van der Waals surface area contributed by atoms with Crippen LogP contribution >= 0.6 is 13.6 Å². The number of hydrogen-bond acceptors (Lipinski definition) is 3. The molecular weight excluding hydrogens is 301 g/mol. The summed E-state index contributed by atoms with van der Waals surface area (Å²) in [5.74, 6) is 0. The Kier molecular flexibility index (Phi) is 193. The van der Waals surface area contributed by atoms with Gasteiger partial charge in [0.05, 0.1) is 0 Å². The minimum absolute atomic E-state index is 0.436. The fraction of sp³-hybridized carbons (Fsp3) is 0.167. The Labute approximate surface area is 81.2 Å². The zero-order valence-electron chi connectivity index (χ0n) is 5.45. The summed E-state index contributed by atoms with van der Waals surface area (Å²) in [4.78, 5) is 22.5. The van der Waals surface area contributed by atoms with E-state index < -0.39 is 0 Å². The van der Waals surface area contributed by atoms with E-state index in [9.17, 15) is 0 Å². The minimum atomic E-state index is 0.436. The Morgan fingerprint density at radius 3 is 1.45 bits per heavy atom. The second-order valence-corrected chi connectivity index (χ2v) is 4.05. The average molecular weight is 306 g/mol. The second kappa shape index (κ2) is 94.9. The molecule has 0 amide bonds. The van der Waals surface area contributed by atoms with Crippen LogP contribution in [0.3, 0.4) is 0 Å². The van der Waals surface area contributed by atoms with Crippen molar-refractivity contribution >= 4 is 34.0 Å². The molecule has 11 heavy (non-hydrogen) atoms. The molecule has 0 aromatic carbocycles. The van der Waals surface area contributed by atoms with Crippen LogP contribution in [0.25, 0.3) is 0 Å². The number of rotatable bonds is 2. The van der Waals surface area contributed by atoms with Crippen LogP contribution in [-0.4, -0.2) is 20.4 Å². The van der Waals surface area contributed by atoms with Crippen LogP contribution in [0.2, 0.25) is 5.02 Å². The van der Waals surface area contributed by atoms with E-state index in [0.717, 1.165) is 5.02 Å². The van der Waals surface area contributed by atoms with Gasteiger partial charge in [-0.25, -0.2) is 0 Å². The van der Waals surface area contributed by atoms with Crippen LogP contribution in [0.1, 0.15) is 0 Å². The predicted molar refractivity (Wildman–Crippen MR) is 41.0 cm³/mol. The Morgan fingerprint density at radius 1 is 1.18 bits per heavy atom. The van der Waals surface area contributed by atoms with Crippen LogP contribution in [0.4, 0.5) is 0 Å². The molecule has 0 bridgehead atoms. The maximum absolute atomic E-state index is 7.50. The van der Waals surface area contributed by atoms with E-state index in [1.54, 1.807) is 0 Å². The minimum Gasteiger partial charge on any atom is -0.281 e. The summed E-state index contributed by atoms with van der Waals surface area (Å²) in [6, 6.07) is 0. The van der Waals surface area contributed by atoms with Gasteiger partial charge in [-0.2, -0.15) is 0 Å². The van der Waals surface area contributed by atoms with Crippen molar-refractivity contribution in [3.05, 3.63) is 12.7 Å². The van der Waals surface area contributed by atoms with Crippen molar-refractivity contribution in [2.45, 2.75) is 5.02 Å². The van der Waals surface area contributed by atoms with Gasteiger partial charge < -0.3 is 0 Å². The quantitative estimate of drug-likeness (QED) is 0.560. The first-order valence-electron chi connectivity index (χ1n) is 1.81. The van der Waals surface area contributed by atoms with Crippen molar-refractivity contribution in [3.63, 3.8) is 0 Å². The van der Waals surface area contributed by atoms with Gasteiger partial charge in [-0.1, -0.05) is 0 Å². The molecule has 0 saturated heterocycles. The monoisotopic (exact) mass is 306 g/mol. The van der Waals surface area contributed by atoms with Gasteiger partial charge in [-0.05, 0) is 0 Å². The van der Waals surface area contributed by atoms with Gasteiger partial charge in [0, 0.05) is 0 Å². The molecule has 0 fully saturated rings. The van der Waals surface area contributed by atoms with Gasteiger partial charge >= 0.3 is 46.5 Å². The number of carbonyl (C=O) groups excluding carboxylic acids is 3. The summed E-state index contributed by atoms with van der Waals surface area (Å²) in [6.45, 7) is 17.0. The van der Waals surface area contributed by atoms with Crippen molar-refractivity contribution in [1.29, 1.82) is 0 Å². The van der Waals surface area contributed by atoms with Crippen molar-refractivity contribution in [3.8, 4) is 0 Å². The molecule has 0 atom stereocenters. The SMILES string of the molecule is C=C[CH2][Ru][Br].[C]=O.[C]=O.[C]=O. The summed E-state index contributed by atoms with van der Waals surface area (Å²) < 4.78 is 0. The molecular formula is C6H5BrO3Ru. The van der Waals surface area contributed by atoms with Crippen LogP contribution < -0.4 is 0 Å². The van der Waals surface area contributed by atoms with Crippen LogP contribution in [0, 0.1) is 0 Å². The molecule has 0 spiro atoms. The molecule has 62 valence electrons. The van der Waals surface area contributed by atoms with Gasteiger partial charge in [-0.3, -0.25) is 14.4 Å². The first-order valence-corrected chi connectivity index (χ1v) is 7.02. The molecule has 0 heterocycles. The molecule has 0 rings (SSSR count). The third-order valence-electron chi connectivity index (χ3n) is 0.157.